The molecule has 0 aromatic heterocycles. The summed E-state index contributed by atoms with van der Waals surface area (Å²) in [6.45, 7) is 3.58. The van der Waals surface area contributed by atoms with Gasteiger partial charge in [-0.25, -0.2) is 4.79 Å². The van der Waals surface area contributed by atoms with Crippen molar-refractivity contribution in [3.8, 4) is 0 Å². The van der Waals surface area contributed by atoms with Gasteiger partial charge in [-0.15, -0.1) is 0 Å². The molecule has 0 heterocycles. The second-order valence-corrected chi connectivity index (χ2v) is 3.68. The summed E-state index contributed by atoms with van der Waals surface area (Å²) in [5, 5.41) is 2.69. The molecule has 0 unspecified atom stereocenters. The molecule has 1 amide bonds. The van der Waals surface area contributed by atoms with Crippen LogP contribution in [0.1, 0.15) is 24.2 Å². The highest BCUT2D eigenvalue weighted by molar-refractivity contribution is 6.01. The fourth-order valence-electron chi connectivity index (χ4n) is 1.16. The van der Waals surface area contributed by atoms with Crippen molar-refractivity contribution in [3.63, 3.8) is 0 Å². The molecule has 1 rings (SSSR count). The number of rotatable bonds is 3. The van der Waals surface area contributed by atoms with Crippen LogP contribution in [-0.2, 0) is 9.53 Å². The molecule has 1 aromatic carbocycles. The molecule has 0 bridgehead atoms. The number of carbonyl (C=O) groups is 2. The second kappa shape index (κ2) is 5.30. The minimum absolute atomic E-state index is 0.128. The van der Waals surface area contributed by atoms with Crippen molar-refractivity contribution in [1.29, 1.82) is 0 Å². The van der Waals surface area contributed by atoms with Gasteiger partial charge in [0.25, 0.3) is 0 Å². The molecule has 0 saturated carbocycles. The molecule has 0 aliphatic heterocycles. The third kappa shape index (κ3) is 2.82. The van der Waals surface area contributed by atoms with Gasteiger partial charge in [-0.1, -0.05) is 26.0 Å². The second-order valence-electron chi connectivity index (χ2n) is 3.68. The summed E-state index contributed by atoms with van der Waals surface area (Å²) in [6, 6.07) is 6.76. The lowest BCUT2D eigenvalue weighted by Crippen LogP contribution is -2.19. The van der Waals surface area contributed by atoms with Gasteiger partial charge in [-0.2, -0.15) is 0 Å². The number of hydrogen-bond donors (Lipinski definition) is 1. The lowest BCUT2D eigenvalue weighted by atomic mass is 10.1. The third-order valence-corrected chi connectivity index (χ3v) is 2.11. The average Bonchev–Trinajstić information content (AvgIpc) is 2.28. The van der Waals surface area contributed by atoms with Crippen LogP contribution in [-0.4, -0.2) is 19.0 Å². The van der Waals surface area contributed by atoms with Crippen LogP contribution >= 0.6 is 0 Å². The van der Waals surface area contributed by atoms with E-state index in [0.717, 1.165) is 0 Å². The van der Waals surface area contributed by atoms with Crippen molar-refractivity contribution in [1.82, 2.24) is 0 Å². The molecule has 0 fully saturated rings. The van der Waals surface area contributed by atoms with E-state index in [1.807, 2.05) is 0 Å². The van der Waals surface area contributed by atoms with E-state index in [0.29, 0.717) is 11.3 Å². The Kier molecular flexibility index (Phi) is 4.05. The molecule has 0 radical (unpaired) electrons. The van der Waals surface area contributed by atoms with Crippen molar-refractivity contribution >= 4 is 17.6 Å². The van der Waals surface area contributed by atoms with Crippen molar-refractivity contribution in [2.24, 2.45) is 5.92 Å². The van der Waals surface area contributed by atoms with Crippen LogP contribution in [0.3, 0.4) is 0 Å². The number of hydrogen-bond acceptors (Lipinski definition) is 3. The van der Waals surface area contributed by atoms with Crippen molar-refractivity contribution < 1.29 is 14.3 Å². The zero-order valence-electron chi connectivity index (χ0n) is 9.61. The van der Waals surface area contributed by atoms with E-state index >= 15 is 0 Å². The number of benzene rings is 1. The van der Waals surface area contributed by atoms with Gasteiger partial charge in [0, 0.05) is 5.92 Å². The molecule has 86 valence electrons. The van der Waals surface area contributed by atoms with Crippen LogP contribution in [0, 0.1) is 5.92 Å². The number of esters is 1. The van der Waals surface area contributed by atoms with Crippen LogP contribution in [0.25, 0.3) is 0 Å². The van der Waals surface area contributed by atoms with E-state index in [1.165, 1.54) is 7.11 Å². The Morgan fingerprint density at radius 1 is 1.25 bits per heavy atom. The monoisotopic (exact) mass is 221 g/mol. The molecule has 16 heavy (non-hydrogen) atoms. The molecule has 0 atom stereocenters. The number of anilines is 1. The summed E-state index contributed by atoms with van der Waals surface area (Å²) in [5.74, 6) is -0.721. The first-order valence-electron chi connectivity index (χ1n) is 5.04. The summed E-state index contributed by atoms with van der Waals surface area (Å²) < 4.78 is 4.63. The Balaban J connectivity index is 2.95. The highest BCUT2D eigenvalue weighted by Gasteiger charge is 2.14. The largest absolute Gasteiger partial charge is 0.465 e. The van der Waals surface area contributed by atoms with Crippen LogP contribution in [0.5, 0.6) is 0 Å². The Morgan fingerprint density at radius 3 is 2.44 bits per heavy atom. The molecule has 0 aliphatic rings. The van der Waals surface area contributed by atoms with Crippen LogP contribution < -0.4 is 5.32 Å². The molecule has 4 heteroatoms. The molecule has 1 N–H and O–H groups in total. The third-order valence-electron chi connectivity index (χ3n) is 2.11. The van der Waals surface area contributed by atoms with Gasteiger partial charge in [0.2, 0.25) is 5.91 Å². The van der Waals surface area contributed by atoms with E-state index in [9.17, 15) is 9.59 Å². The quantitative estimate of drug-likeness (QED) is 0.795. The number of methoxy groups -OCH3 is 1. The van der Waals surface area contributed by atoms with Crippen molar-refractivity contribution in [3.05, 3.63) is 29.8 Å². The summed E-state index contributed by atoms with van der Waals surface area (Å²) in [4.78, 5) is 22.9. The van der Waals surface area contributed by atoms with Gasteiger partial charge < -0.3 is 10.1 Å². The maximum Gasteiger partial charge on any atom is 0.339 e. The van der Waals surface area contributed by atoms with Gasteiger partial charge in [-0.3, -0.25) is 4.79 Å². The fourth-order valence-corrected chi connectivity index (χ4v) is 1.16. The Morgan fingerprint density at radius 2 is 1.88 bits per heavy atom. The van der Waals surface area contributed by atoms with Gasteiger partial charge in [0.15, 0.2) is 0 Å². The summed E-state index contributed by atoms with van der Waals surface area (Å²) in [6.07, 6.45) is 0. The first kappa shape index (κ1) is 12.2. The Hall–Kier alpha value is -1.84. The molecule has 1 aromatic rings. The number of para-hydroxylation sites is 1. The van der Waals surface area contributed by atoms with Gasteiger partial charge >= 0.3 is 5.97 Å². The maximum atomic E-state index is 11.5. The lowest BCUT2D eigenvalue weighted by Gasteiger charge is -2.10. The average molecular weight is 221 g/mol. The van der Waals surface area contributed by atoms with E-state index in [2.05, 4.69) is 10.1 Å². The topological polar surface area (TPSA) is 55.4 Å². The van der Waals surface area contributed by atoms with Crippen LogP contribution in [0.4, 0.5) is 5.69 Å². The minimum Gasteiger partial charge on any atom is -0.465 e. The fraction of sp³-hybridized carbons (Fsp3) is 0.333. The zero-order chi connectivity index (χ0) is 12.1. The van der Waals surface area contributed by atoms with Crippen molar-refractivity contribution in [2.45, 2.75) is 13.8 Å². The van der Waals surface area contributed by atoms with E-state index < -0.39 is 5.97 Å². The summed E-state index contributed by atoms with van der Waals surface area (Å²) in [7, 11) is 1.31. The predicted molar refractivity (Wildman–Crippen MR) is 61.2 cm³/mol. The smallest absolute Gasteiger partial charge is 0.339 e. The van der Waals surface area contributed by atoms with Gasteiger partial charge in [0.1, 0.15) is 0 Å². The Bertz CT molecular complexity index is 399. The van der Waals surface area contributed by atoms with Crippen LogP contribution in [0.2, 0.25) is 0 Å². The number of nitrogens with one attached hydrogen (secondary N) is 1. The molecular weight excluding hydrogens is 206 g/mol. The van der Waals surface area contributed by atoms with Crippen molar-refractivity contribution in [2.75, 3.05) is 12.4 Å². The van der Waals surface area contributed by atoms with Gasteiger partial charge in [-0.05, 0) is 12.1 Å². The lowest BCUT2D eigenvalue weighted by molar-refractivity contribution is -0.118. The van der Waals surface area contributed by atoms with E-state index in [1.54, 1.807) is 38.1 Å². The normalized spacial score (nSPS) is 10.0. The highest BCUT2D eigenvalue weighted by atomic mass is 16.5. The first-order chi connectivity index (χ1) is 7.56. The standard InChI is InChI=1S/C12H15NO3/c1-8(2)11(14)13-10-7-5-4-6-9(10)12(15)16-3/h4-8H,1-3H3,(H,13,14). The van der Waals surface area contributed by atoms with Gasteiger partial charge in [0.05, 0.1) is 18.4 Å². The molecule has 4 nitrogen and oxygen atoms in total. The Labute approximate surface area is 94.6 Å². The zero-order valence-corrected chi connectivity index (χ0v) is 9.61. The van der Waals surface area contributed by atoms with E-state index in [-0.39, 0.29) is 11.8 Å². The molecule has 0 saturated heterocycles. The van der Waals surface area contributed by atoms with E-state index in [4.69, 9.17) is 0 Å². The molecule has 0 aliphatic carbocycles. The number of ether oxygens (including phenoxy) is 1. The van der Waals surface area contributed by atoms with Crippen LogP contribution in [0.15, 0.2) is 24.3 Å². The predicted octanol–water partition coefficient (Wildman–Crippen LogP) is 2.07. The number of amides is 1. The summed E-state index contributed by atoms with van der Waals surface area (Å²) in [5.41, 5.74) is 0.840. The first-order valence-corrected chi connectivity index (χ1v) is 5.04. The highest BCUT2D eigenvalue weighted by Crippen LogP contribution is 2.16. The minimum atomic E-state index is -0.459. The summed E-state index contributed by atoms with van der Waals surface area (Å²) >= 11 is 0. The number of carbonyl (C=O) groups excluding carboxylic acids is 2. The molecular formula is C12H15NO3. The SMILES string of the molecule is COC(=O)c1ccccc1NC(=O)C(C)C. The molecule has 0 spiro atoms. The maximum absolute atomic E-state index is 11.5.